The van der Waals surface area contributed by atoms with Gasteiger partial charge in [0.05, 0.1) is 18.0 Å². The third-order valence-corrected chi connectivity index (χ3v) is 5.84. The van der Waals surface area contributed by atoms with Crippen molar-refractivity contribution in [3.05, 3.63) is 23.9 Å². The summed E-state index contributed by atoms with van der Waals surface area (Å²) in [5.74, 6) is 0.425. The van der Waals surface area contributed by atoms with Crippen LogP contribution in [0.5, 0.6) is 0 Å². The van der Waals surface area contributed by atoms with E-state index in [-0.39, 0.29) is 16.7 Å². The lowest BCUT2D eigenvalue weighted by molar-refractivity contribution is -0.371. The van der Waals surface area contributed by atoms with Crippen LogP contribution >= 0.6 is 0 Å². The fraction of sp³-hybridized carbons (Fsp3) is 0.667. The van der Waals surface area contributed by atoms with E-state index in [0.717, 1.165) is 25.7 Å². The maximum Gasteiger partial charge on any atom is 0.195 e. The molecule has 0 bridgehead atoms. The smallest absolute Gasteiger partial charge is 0.195 e. The second kappa shape index (κ2) is 7.33. The molecule has 0 saturated heterocycles. The van der Waals surface area contributed by atoms with Gasteiger partial charge in [0.2, 0.25) is 0 Å². The molecule has 2 rings (SSSR count). The molecular formula is C15H25N2O3S+. The highest BCUT2D eigenvalue weighted by atomic mass is 32.2. The second-order valence-corrected chi connectivity index (χ2v) is 7.83. The lowest BCUT2D eigenvalue weighted by atomic mass is 9.91. The highest BCUT2D eigenvalue weighted by Gasteiger charge is 2.24. The van der Waals surface area contributed by atoms with Crippen LogP contribution in [-0.2, 0) is 9.84 Å². The molecule has 1 fully saturated rings. The number of nitrogens with zero attached hydrogens (tertiary/aromatic N) is 1. The van der Waals surface area contributed by atoms with E-state index in [0.29, 0.717) is 18.7 Å². The molecule has 1 heterocycles. The number of pyridine rings is 1. The molecule has 0 unspecified atom stereocenters. The van der Waals surface area contributed by atoms with Crippen molar-refractivity contribution < 1.29 is 19.3 Å². The van der Waals surface area contributed by atoms with E-state index in [4.69, 9.17) is 0 Å². The number of aromatic nitrogens is 1. The Morgan fingerprint density at radius 1 is 1.29 bits per heavy atom. The quantitative estimate of drug-likeness (QED) is 0.822. The minimum Gasteiger partial charge on any atom is -0.387 e. The van der Waals surface area contributed by atoms with Crippen molar-refractivity contribution in [1.29, 1.82) is 0 Å². The first-order valence-corrected chi connectivity index (χ1v) is 9.35. The largest absolute Gasteiger partial charge is 0.387 e. The fourth-order valence-electron chi connectivity index (χ4n) is 2.88. The van der Waals surface area contributed by atoms with E-state index in [1.807, 2.05) is 0 Å². The maximum absolute atomic E-state index is 12.5. The van der Waals surface area contributed by atoms with Crippen LogP contribution in [0.2, 0.25) is 0 Å². The number of aliphatic hydroxyl groups excluding tert-OH is 1. The third-order valence-electron chi connectivity index (χ3n) is 4.06. The second-order valence-electron chi connectivity index (χ2n) is 5.84. The van der Waals surface area contributed by atoms with Crippen LogP contribution in [0.25, 0.3) is 0 Å². The minimum atomic E-state index is -3.37. The number of hydrogen-bond donors (Lipinski definition) is 2. The Morgan fingerprint density at radius 2 is 2.00 bits per heavy atom. The predicted octanol–water partition coefficient (Wildman–Crippen LogP) is 1.10. The van der Waals surface area contributed by atoms with Crippen molar-refractivity contribution in [2.45, 2.75) is 49.7 Å². The summed E-state index contributed by atoms with van der Waals surface area (Å²) in [6, 6.07) is 4.85. The summed E-state index contributed by atoms with van der Waals surface area (Å²) in [5, 5.41) is 10.0. The molecule has 1 aliphatic carbocycles. The summed E-state index contributed by atoms with van der Waals surface area (Å²) >= 11 is 0. The molecule has 21 heavy (non-hydrogen) atoms. The van der Waals surface area contributed by atoms with Gasteiger partial charge in [-0.2, -0.15) is 0 Å². The Bertz CT molecular complexity index is 554. The Morgan fingerprint density at radius 3 is 2.67 bits per heavy atom. The van der Waals surface area contributed by atoms with Gasteiger partial charge >= 0.3 is 0 Å². The van der Waals surface area contributed by atoms with E-state index in [1.54, 1.807) is 12.1 Å². The summed E-state index contributed by atoms with van der Waals surface area (Å²) < 4.78 is 25.0. The van der Waals surface area contributed by atoms with Crippen molar-refractivity contribution in [1.82, 2.24) is 4.98 Å². The van der Waals surface area contributed by atoms with Gasteiger partial charge in [-0.25, -0.2) is 13.4 Å². The van der Waals surface area contributed by atoms with Crippen LogP contribution in [0, 0.1) is 5.92 Å². The molecular weight excluding hydrogens is 288 g/mol. The van der Waals surface area contributed by atoms with Crippen LogP contribution in [-0.4, -0.2) is 30.8 Å². The first kappa shape index (κ1) is 16.4. The lowest BCUT2D eigenvalue weighted by Crippen LogP contribution is -2.50. The minimum absolute atomic E-state index is 0.0914. The van der Waals surface area contributed by atoms with Gasteiger partial charge < -0.3 is 10.8 Å². The number of hydrogen-bond acceptors (Lipinski definition) is 4. The van der Waals surface area contributed by atoms with Crippen LogP contribution in [0.1, 0.15) is 50.3 Å². The number of rotatable bonds is 6. The molecule has 0 spiro atoms. The molecule has 5 nitrogen and oxygen atoms in total. The first-order valence-electron chi connectivity index (χ1n) is 7.70. The van der Waals surface area contributed by atoms with Crippen molar-refractivity contribution in [3.63, 3.8) is 0 Å². The number of quaternary nitrogens is 1. The summed E-state index contributed by atoms with van der Waals surface area (Å²) in [6.07, 6.45) is 5.17. The molecule has 0 aliphatic heterocycles. The van der Waals surface area contributed by atoms with Gasteiger partial charge in [0, 0.05) is 6.42 Å². The standard InChI is InChI=1S/C15H24N2O3S/c16-10-9-14(18)13-7-4-8-15(17-13)21(19,20)11-12-5-2-1-3-6-12/h4,7-8,12,14,18H,1-3,5-6,9-11,16H2/p+1/t14-/m1/s1. The Kier molecular flexibility index (Phi) is 5.72. The average Bonchev–Trinajstić information content (AvgIpc) is 2.48. The molecule has 118 valence electrons. The van der Waals surface area contributed by atoms with Crippen LogP contribution in [0.15, 0.2) is 23.2 Å². The van der Waals surface area contributed by atoms with Gasteiger partial charge in [-0.3, -0.25) is 0 Å². The maximum atomic E-state index is 12.5. The lowest BCUT2D eigenvalue weighted by Gasteiger charge is -2.21. The van der Waals surface area contributed by atoms with E-state index >= 15 is 0 Å². The molecule has 0 radical (unpaired) electrons. The van der Waals surface area contributed by atoms with Crippen LogP contribution < -0.4 is 5.73 Å². The SMILES string of the molecule is [NH3+]CC[C@@H](O)c1cccc(S(=O)(=O)CC2CCCCC2)n1. The molecule has 1 aromatic heterocycles. The molecule has 4 N–H and O–H groups in total. The summed E-state index contributed by atoms with van der Waals surface area (Å²) in [6.45, 7) is 0.585. The van der Waals surface area contributed by atoms with Gasteiger partial charge in [0.25, 0.3) is 0 Å². The molecule has 1 saturated carbocycles. The van der Waals surface area contributed by atoms with Crippen LogP contribution in [0.3, 0.4) is 0 Å². The van der Waals surface area contributed by atoms with E-state index in [9.17, 15) is 13.5 Å². The van der Waals surface area contributed by atoms with Crippen molar-refractivity contribution in [3.8, 4) is 0 Å². The summed E-state index contributed by atoms with van der Waals surface area (Å²) in [4.78, 5) is 4.16. The molecule has 6 heteroatoms. The van der Waals surface area contributed by atoms with E-state index in [1.165, 1.54) is 12.5 Å². The predicted molar refractivity (Wildman–Crippen MR) is 80.2 cm³/mol. The van der Waals surface area contributed by atoms with Gasteiger partial charge in [-0.1, -0.05) is 25.3 Å². The van der Waals surface area contributed by atoms with Gasteiger partial charge in [-0.15, -0.1) is 0 Å². The zero-order valence-corrected chi connectivity index (χ0v) is 13.2. The highest BCUT2D eigenvalue weighted by Crippen LogP contribution is 2.27. The van der Waals surface area contributed by atoms with Crippen molar-refractivity contribution in [2.24, 2.45) is 5.92 Å². The zero-order valence-electron chi connectivity index (χ0n) is 12.4. The van der Waals surface area contributed by atoms with E-state index < -0.39 is 15.9 Å². The fourth-order valence-corrected chi connectivity index (χ4v) is 4.54. The normalized spacial score (nSPS) is 18.6. The summed E-state index contributed by atoms with van der Waals surface area (Å²) in [5.41, 5.74) is 4.11. The van der Waals surface area contributed by atoms with Gasteiger partial charge in [0.15, 0.2) is 14.9 Å². The van der Waals surface area contributed by atoms with Gasteiger partial charge in [-0.05, 0) is 30.9 Å². The van der Waals surface area contributed by atoms with E-state index in [2.05, 4.69) is 10.7 Å². The highest BCUT2D eigenvalue weighted by molar-refractivity contribution is 7.91. The molecule has 1 aliphatic rings. The van der Waals surface area contributed by atoms with Crippen LogP contribution in [0.4, 0.5) is 0 Å². The zero-order chi connectivity index (χ0) is 15.3. The monoisotopic (exact) mass is 313 g/mol. The number of aliphatic hydroxyl groups is 1. The Balaban J connectivity index is 2.13. The molecule has 1 aromatic rings. The average molecular weight is 313 g/mol. The molecule has 1 atom stereocenters. The molecule has 0 amide bonds. The topological polar surface area (TPSA) is 94.9 Å². The third kappa shape index (κ3) is 4.49. The molecule has 0 aromatic carbocycles. The van der Waals surface area contributed by atoms with Crippen molar-refractivity contribution >= 4 is 9.84 Å². The first-order chi connectivity index (χ1) is 10.0. The summed E-state index contributed by atoms with van der Waals surface area (Å²) in [7, 11) is -3.37. The van der Waals surface area contributed by atoms with Crippen molar-refractivity contribution in [2.75, 3.05) is 12.3 Å². The Labute approximate surface area is 126 Å². The Hall–Kier alpha value is -0.980. The number of sulfone groups is 1. The van der Waals surface area contributed by atoms with Gasteiger partial charge in [0.1, 0.15) is 6.10 Å².